The largest absolute Gasteiger partial charge is 0.488 e. The molecule has 1 unspecified atom stereocenters. The maximum absolute atomic E-state index is 13.5. The number of halogens is 1. The van der Waals surface area contributed by atoms with E-state index in [0.717, 1.165) is 55.3 Å². The van der Waals surface area contributed by atoms with Gasteiger partial charge in [-0.15, -0.1) is 0 Å². The molecule has 3 heterocycles. The number of nitrogens with zero attached hydrogens (tertiary/aromatic N) is 2. The third-order valence-electron chi connectivity index (χ3n) is 8.60. The smallest absolute Gasteiger partial charge is 0.259 e. The first-order valence-corrected chi connectivity index (χ1v) is 14.0. The number of carbonyl (C=O) groups is 3. The van der Waals surface area contributed by atoms with Crippen LogP contribution < -0.4 is 19.7 Å². The van der Waals surface area contributed by atoms with E-state index < -0.39 is 11.9 Å². The van der Waals surface area contributed by atoms with E-state index in [2.05, 4.69) is 10.2 Å². The molecule has 3 aromatic rings. The Kier molecular flexibility index (Phi) is 6.19. The first kappa shape index (κ1) is 25.0. The molecular weight excluding hydrogens is 513 g/mol. The Morgan fingerprint density at radius 2 is 1.73 bits per heavy atom. The van der Waals surface area contributed by atoms with Gasteiger partial charge in [0.1, 0.15) is 35.6 Å². The molecule has 0 bridgehead atoms. The number of ether oxygens (including phenoxy) is 2. The van der Waals surface area contributed by atoms with Gasteiger partial charge >= 0.3 is 0 Å². The standard InChI is InChI=1S/C31H30FN3O5/c32-18-5-3-6-19(15-18)39-20-16-34(17-20)23-8-1-2-10-27(23)40-26-13-11-22-29-21(26)7-4-9-24(29)35(31(22)38)25-12-14-28(36)33-30(25)37/h3-7,9,11,13,15,20,23,25,27H,1-2,8,10,12,14,16-17H2,(H,33,36,37)/t23-,25?,27-/m0/s1. The zero-order valence-electron chi connectivity index (χ0n) is 22.0. The number of nitrogens with one attached hydrogen (secondary N) is 1. The molecule has 3 aromatic carbocycles. The molecule has 1 saturated carbocycles. The number of rotatable bonds is 6. The molecule has 4 aliphatic rings. The summed E-state index contributed by atoms with van der Waals surface area (Å²) < 4.78 is 26.2. The van der Waals surface area contributed by atoms with Crippen molar-refractivity contribution in [1.29, 1.82) is 0 Å². The number of carbonyl (C=O) groups excluding carboxylic acids is 3. The molecule has 206 valence electrons. The molecule has 0 aromatic heterocycles. The highest BCUT2D eigenvalue weighted by atomic mass is 19.1. The minimum atomic E-state index is -0.718. The van der Waals surface area contributed by atoms with Crippen LogP contribution in [0.25, 0.3) is 10.8 Å². The van der Waals surface area contributed by atoms with Gasteiger partial charge in [-0.3, -0.25) is 29.5 Å². The number of hydrogen-bond acceptors (Lipinski definition) is 6. The summed E-state index contributed by atoms with van der Waals surface area (Å²) in [6.07, 6.45) is 4.69. The summed E-state index contributed by atoms with van der Waals surface area (Å²) >= 11 is 0. The third kappa shape index (κ3) is 4.29. The zero-order valence-corrected chi connectivity index (χ0v) is 22.0. The van der Waals surface area contributed by atoms with Gasteiger partial charge in [-0.1, -0.05) is 24.6 Å². The number of hydrogen-bond donors (Lipinski definition) is 1. The molecule has 0 radical (unpaired) electrons. The monoisotopic (exact) mass is 543 g/mol. The van der Waals surface area contributed by atoms with Crippen LogP contribution in [-0.4, -0.2) is 60.0 Å². The van der Waals surface area contributed by atoms with E-state index in [9.17, 15) is 18.8 Å². The second kappa shape index (κ2) is 9.89. The quantitative estimate of drug-likeness (QED) is 0.469. The van der Waals surface area contributed by atoms with E-state index in [4.69, 9.17) is 9.47 Å². The Hall–Kier alpha value is -3.98. The summed E-state index contributed by atoms with van der Waals surface area (Å²) in [4.78, 5) is 41.7. The molecule has 2 saturated heterocycles. The van der Waals surface area contributed by atoms with Gasteiger partial charge in [0.15, 0.2) is 0 Å². The van der Waals surface area contributed by atoms with Gasteiger partial charge in [0.25, 0.3) is 5.91 Å². The topological polar surface area (TPSA) is 88.2 Å². The van der Waals surface area contributed by atoms with Crippen LogP contribution in [0.2, 0.25) is 0 Å². The molecule has 3 atom stereocenters. The van der Waals surface area contributed by atoms with Crippen molar-refractivity contribution in [2.75, 3.05) is 18.0 Å². The Labute approximate surface area is 231 Å². The second-order valence-corrected chi connectivity index (χ2v) is 11.1. The fourth-order valence-electron chi connectivity index (χ4n) is 6.66. The van der Waals surface area contributed by atoms with Crippen molar-refractivity contribution in [2.24, 2.45) is 0 Å². The van der Waals surface area contributed by atoms with E-state index >= 15 is 0 Å². The van der Waals surface area contributed by atoms with Crippen LogP contribution in [0.5, 0.6) is 11.5 Å². The molecular formula is C31H30FN3O5. The summed E-state index contributed by atoms with van der Waals surface area (Å²) in [6.45, 7) is 1.53. The molecule has 9 heteroatoms. The van der Waals surface area contributed by atoms with E-state index in [1.807, 2.05) is 24.3 Å². The highest BCUT2D eigenvalue weighted by Gasteiger charge is 2.42. The molecule has 7 rings (SSSR count). The summed E-state index contributed by atoms with van der Waals surface area (Å²) in [6, 6.07) is 15.1. The van der Waals surface area contributed by atoms with Crippen LogP contribution in [-0.2, 0) is 9.59 Å². The van der Waals surface area contributed by atoms with Gasteiger partial charge in [-0.25, -0.2) is 4.39 Å². The lowest BCUT2D eigenvalue weighted by atomic mass is 9.89. The summed E-state index contributed by atoms with van der Waals surface area (Å²) in [5.74, 6) is -0.00615. The summed E-state index contributed by atoms with van der Waals surface area (Å²) in [5, 5.41) is 4.00. The second-order valence-electron chi connectivity index (χ2n) is 11.1. The van der Waals surface area contributed by atoms with Crippen molar-refractivity contribution in [1.82, 2.24) is 10.2 Å². The number of likely N-dealkylation sites (tertiary alicyclic amines) is 1. The fraction of sp³-hybridized carbons (Fsp3) is 0.387. The molecule has 1 N–H and O–H groups in total. The highest BCUT2D eigenvalue weighted by molar-refractivity contribution is 6.27. The first-order valence-electron chi connectivity index (χ1n) is 14.0. The van der Waals surface area contributed by atoms with Crippen LogP contribution in [0.3, 0.4) is 0 Å². The number of anilines is 1. The van der Waals surface area contributed by atoms with Crippen molar-refractivity contribution in [3.8, 4) is 11.5 Å². The number of amides is 3. The van der Waals surface area contributed by atoms with Crippen molar-refractivity contribution < 1.29 is 28.2 Å². The molecule has 8 nitrogen and oxygen atoms in total. The Bertz CT molecular complexity index is 1520. The number of piperidine rings is 1. The van der Waals surface area contributed by atoms with Gasteiger partial charge < -0.3 is 9.47 Å². The van der Waals surface area contributed by atoms with E-state index in [-0.39, 0.29) is 42.3 Å². The third-order valence-corrected chi connectivity index (χ3v) is 8.60. The molecule has 3 fully saturated rings. The van der Waals surface area contributed by atoms with Crippen molar-refractivity contribution in [3.05, 3.63) is 66.0 Å². The fourth-order valence-corrected chi connectivity index (χ4v) is 6.66. The zero-order chi connectivity index (χ0) is 27.4. The Balaban J connectivity index is 1.10. The van der Waals surface area contributed by atoms with E-state index in [0.29, 0.717) is 23.4 Å². The maximum atomic E-state index is 13.5. The lowest BCUT2D eigenvalue weighted by Gasteiger charge is -2.47. The Morgan fingerprint density at radius 1 is 0.900 bits per heavy atom. The molecule has 0 spiro atoms. The van der Waals surface area contributed by atoms with Crippen molar-refractivity contribution >= 4 is 34.2 Å². The summed E-state index contributed by atoms with van der Waals surface area (Å²) in [7, 11) is 0. The van der Waals surface area contributed by atoms with Gasteiger partial charge in [0.2, 0.25) is 11.8 Å². The predicted octanol–water partition coefficient (Wildman–Crippen LogP) is 4.20. The van der Waals surface area contributed by atoms with E-state index in [1.165, 1.54) is 17.0 Å². The van der Waals surface area contributed by atoms with Crippen LogP contribution in [0.4, 0.5) is 10.1 Å². The van der Waals surface area contributed by atoms with Crippen LogP contribution >= 0.6 is 0 Å². The summed E-state index contributed by atoms with van der Waals surface area (Å²) in [5.41, 5.74) is 1.22. The number of benzene rings is 3. The normalized spacial score (nSPS) is 25.2. The lowest BCUT2D eigenvalue weighted by molar-refractivity contribution is -0.134. The van der Waals surface area contributed by atoms with Gasteiger partial charge in [-0.05, 0) is 56.0 Å². The van der Waals surface area contributed by atoms with Gasteiger partial charge in [0.05, 0.1) is 11.3 Å². The molecule has 40 heavy (non-hydrogen) atoms. The molecule has 3 aliphatic heterocycles. The minimum Gasteiger partial charge on any atom is -0.488 e. The van der Waals surface area contributed by atoms with Crippen LogP contribution in [0, 0.1) is 5.82 Å². The maximum Gasteiger partial charge on any atom is 0.259 e. The van der Waals surface area contributed by atoms with Crippen LogP contribution in [0.1, 0.15) is 48.9 Å². The van der Waals surface area contributed by atoms with Crippen LogP contribution in [0.15, 0.2) is 54.6 Å². The highest BCUT2D eigenvalue weighted by Crippen LogP contribution is 2.44. The first-order chi connectivity index (χ1) is 19.5. The average molecular weight is 544 g/mol. The number of imide groups is 1. The SMILES string of the molecule is O=C1CCC(N2C(=O)c3ccc(O[C@H]4CCCC[C@@H]4N4CC(Oc5cccc(F)c5)C4)c4cccc2c34)C(=O)N1. The molecule has 3 amide bonds. The lowest BCUT2D eigenvalue weighted by Crippen LogP contribution is -2.62. The molecule has 1 aliphatic carbocycles. The van der Waals surface area contributed by atoms with E-state index in [1.54, 1.807) is 18.2 Å². The van der Waals surface area contributed by atoms with Crippen molar-refractivity contribution in [3.63, 3.8) is 0 Å². The van der Waals surface area contributed by atoms with Gasteiger partial charge in [-0.2, -0.15) is 0 Å². The van der Waals surface area contributed by atoms with Gasteiger partial charge in [0, 0.05) is 42.4 Å². The van der Waals surface area contributed by atoms with Crippen molar-refractivity contribution in [2.45, 2.75) is 62.8 Å². The Morgan fingerprint density at radius 3 is 2.55 bits per heavy atom. The predicted molar refractivity (Wildman–Crippen MR) is 146 cm³/mol. The minimum absolute atomic E-state index is 0.00994. The average Bonchev–Trinajstić information content (AvgIpc) is 3.20.